The number of rotatable bonds is 8. The molecule has 0 fully saturated rings. The van der Waals surface area contributed by atoms with Gasteiger partial charge in [-0.2, -0.15) is 0 Å². The first-order chi connectivity index (χ1) is 12.9. The maximum Gasteiger partial charge on any atom is 0.261 e. The number of aliphatic imine (C=N–C) groups is 1. The van der Waals surface area contributed by atoms with Gasteiger partial charge in [-0.15, -0.1) is 24.0 Å². The van der Waals surface area contributed by atoms with E-state index in [1.165, 1.54) is 4.90 Å². The van der Waals surface area contributed by atoms with Gasteiger partial charge < -0.3 is 10.6 Å². The Balaban J connectivity index is 0.00000392. The topological polar surface area (TPSA) is 77.0 Å². The van der Waals surface area contributed by atoms with Gasteiger partial charge >= 0.3 is 0 Å². The lowest BCUT2D eigenvalue weighted by molar-refractivity contribution is 0.0657. The number of hydrogen-bond donors (Lipinski definition) is 2. The Morgan fingerprint density at radius 2 is 1.50 bits per heavy atom. The lowest BCUT2D eigenvalue weighted by Crippen LogP contribution is -2.46. The zero-order chi connectivity index (χ0) is 20.0. The van der Waals surface area contributed by atoms with Crippen molar-refractivity contribution in [2.45, 2.75) is 39.8 Å². The molecule has 0 saturated heterocycles. The van der Waals surface area contributed by atoms with Crippen LogP contribution in [-0.2, 0) is 0 Å². The minimum Gasteiger partial charge on any atom is -0.355 e. The number of imide groups is 1. The van der Waals surface area contributed by atoms with Crippen molar-refractivity contribution in [3.63, 3.8) is 0 Å². The molecule has 1 aliphatic rings. The van der Waals surface area contributed by atoms with Gasteiger partial charge in [-0.25, -0.2) is 0 Å². The van der Waals surface area contributed by atoms with Crippen LogP contribution >= 0.6 is 24.0 Å². The summed E-state index contributed by atoms with van der Waals surface area (Å²) in [4.78, 5) is 32.6. The summed E-state index contributed by atoms with van der Waals surface area (Å²) < 4.78 is 0. The molecule has 0 saturated carbocycles. The van der Waals surface area contributed by atoms with E-state index < -0.39 is 0 Å². The van der Waals surface area contributed by atoms with Crippen LogP contribution in [0.25, 0.3) is 0 Å². The van der Waals surface area contributed by atoms with Gasteiger partial charge in [0.25, 0.3) is 11.8 Å². The van der Waals surface area contributed by atoms with E-state index >= 15 is 0 Å². The molecule has 8 heteroatoms. The highest BCUT2D eigenvalue weighted by Crippen LogP contribution is 2.21. The smallest absolute Gasteiger partial charge is 0.261 e. The predicted octanol–water partition coefficient (Wildman–Crippen LogP) is 2.18. The summed E-state index contributed by atoms with van der Waals surface area (Å²) in [6.07, 6.45) is 0. The van der Waals surface area contributed by atoms with Gasteiger partial charge in [0.15, 0.2) is 5.96 Å². The molecular weight excluding hydrogens is 469 g/mol. The first-order valence-corrected chi connectivity index (χ1v) is 9.52. The number of benzene rings is 1. The summed E-state index contributed by atoms with van der Waals surface area (Å²) in [5.74, 6) is 0.203. The molecule has 0 aromatic heterocycles. The normalized spacial score (nSPS) is 14.0. The Morgan fingerprint density at radius 3 is 1.96 bits per heavy atom. The number of carbonyl (C=O) groups is 2. The first kappa shape index (κ1) is 24.4. The minimum absolute atomic E-state index is 0. The van der Waals surface area contributed by atoms with E-state index in [0.717, 1.165) is 13.1 Å². The van der Waals surface area contributed by atoms with E-state index in [9.17, 15) is 9.59 Å². The van der Waals surface area contributed by atoms with Crippen molar-refractivity contribution < 1.29 is 9.59 Å². The number of nitrogens with one attached hydrogen (secondary N) is 2. The number of fused-ring (bicyclic) bond motifs is 1. The van der Waals surface area contributed by atoms with Crippen molar-refractivity contribution in [3.05, 3.63) is 35.4 Å². The third-order valence-electron chi connectivity index (χ3n) is 4.72. The third-order valence-corrected chi connectivity index (χ3v) is 4.72. The van der Waals surface area contributed by atoms with Gasteiger partial charge in [-0.3, -0.25) is 24.4 Å². The van der Waals surface area contributed by atoms with Crippen LogP contribution in [0.5, 0.6) is 0 Å². The van der Waals surface area contributed by atoms with E-state index in [0.29, 0.717) is 42.3 Å². The highest BCUT2D eigenvalue weighted by atomic mass is 127. The Hall–Kier alpha value is -1.68. The van der Waals surface area contributed by atoms with E-state index in [4.69, 9.17) is 0 Å². The van der Waals surface area contributed by atoms with E-state index in [-0.39, 0.29) is 35.8 Å². The second-order valence-electron chi connectivity index (χ2n) is 7.16. The van der Waals surface area contributed by atoms with Crippen molar-refractivity contribution in [1.82, 2.24) is 20.4 Å². The lowest BCUT2D eigenvalue weighted by Gasteiger charge is -2.30. The quantitative estimate of drug-likeness (QED) is 0.247. The number of nitrogens with zero attached hydrogens (tertiary/aromatic N) is 3. The maximum absolute atomic E-state index is 12.4. The molecule has 0 atom stereocenters. The molecule has 1 aromatic carbocycles. The van der Waals surface area contributed by atoms with Crippen LogP contribution < -0.4 is 10.6 Å². The SMILES string of the molecule is CN=C(NCCN1C(=O)c2ccccc2C1=O)NCCN(C(C)C)C(C)C.I. The van der Waals surface area contributed by atoms with E-state index in [1.807, 2.05) is 0 Å². The number of carbonyl (C=O) groups excluding carboxylic acids is 2. The second-order valence-corrected chi connectivity index (χ2v) is 7.16. The zero-order valence-electron chi connectivity index (χ0n) is 17.4. The van der Waals surface area contributed by atoms with E-state index in [1.54, 1.807) is 31.3 Å². The summed E-state index contributed by atoms with van der Waals surface area (Å²) >= 11 is 0. The molecule has 0 bridgehead atoms. The van der Waals surface area contributed by atoms with Gasteiger partial charge in [0.1, 0.15) is 0 Å². The van der Waals surface area contributed by atoms with Gasteiger partial charge in [0.05, 0.1) is 11.1 Å². The Labute approximate surface area is 185 Å². The third kappa shape index (κ3) is 5.91. The molecule has 0 radical (unpaired) electrons. The van der Waals surface area contributed by atoms with Gasteiger partial charge in [-0.1, -0.05) is 12.1 Å². The van der Waals surface area contributed by atoms with Crippen molar-refractivity contribution in [1.29, 1.82) is 0 Å². The molecule has 0 aliphatic carbocycles. The van der Waals surface area contributed by atoms with Crippen LogP contribution in [0.2, 0.25) is 0 Å². The van der Waals surface area contributed by atoms with E-state index in [2.05, 4.69) is 48.2 Å². The first-order valence-electron chi connectivity index (χ1n) is 9.52. The molecule has 156 valence electrons. The van der Waals surface area contributed by atoms with Crippen LogP contribution in [0.3, 0.4) is 0 Å². The molecule has 1 heterocycles. The Morgan fingerprint density at radius 1 is 1.00 bits per heavy atom. The average Bonchev–Trinajstić information content (AvgIpc) is 2.88. The fourth-order valence-corrected chi connectivity index (χ4v) is 3.37. The number of guanidine groups is 1. The summed E-state index contributed by atoms with van der Waals surface area (Å²) in [5.41, 5.74) is 0.958. The van der Waals surface area contributed by atoms with Crippen LogP contribution in [0.15, 0.2) is 29.3 Å². The van der Waals surface area contributed by atoms with Crippen molar-refractivity contribution in [2.24, 2.45) is 4.99 Å². The predicted molar refractivity (Wildman–Crippen MR) is 124 cm³/mol. The monoisotopic (exact) mass is 501 g/mol. The van der Waals surface area contributed by atoms with Gasteiger partial charge in [-0.05, 0) is 39.8 Å². The summed E-state index contributed by atoms with van der Waals surface area (Å²) in [6, 6.07) is 7.90. The molecule has 2 amide bonds. The summed E-state index contributed by atoms with van der Waals surface area (Å²) in [6.45, 7) is 11.2. The minimum atomic E-state index is -0.232. The fraction of sp³-hybridized carbons (Fsp3) is 0.550. The number of halogens is 1. The Bertz CT molecular complexity index is 663. The van der Waals surface area contributed by atoms with Crippen molar-refractivity contribution in [2.75, 3.05) is 33.2 Å². The maximum atomic E-state index is 12.4. The molecule has 7 nitrogen and oxygen atoms in total. The van der Waals surface area contributed by atoms with Crippen molar-refractivity contribution in [3.8, 4) is 0 Å². The van der Waals surface area contributed by atoms with Gasteiger partial charge in [0.2, 0.25) is 0 Å². The average molecular weight is 501 g/mol. The summed E-state index contributed by atoms with van der Waals surface area (Å²) in [7, 11) is 1.71. The highest BCUT2D eigenvalue weighted by molar-refractivity contribution is 14.0. The molecule has 0 unspecified atom stereocenters. The second kappa shape index (κ2) is 11.4. The molecule has 1 aromatic rings. The van der Waals surface area contributed by atoms with Crippen LogP contribution in [0.4, 0.5) is 0 Å². The Kier molecular flexibility index (Phi) is 9.88. The molecule has 2 rings (SSSR count). The lowest BCUT2D eigenvalue weighted by atomic mass is 10.1. The van der Waals surface area contributed by atoms with Crippen molar-refractivity contribution >= 4 is 41.8 Å². The standard InChI is InChI=1S/C20H31N5O2.HI/c1-14(2)24(15(3)4)12-10-22-20(21-5)23-11-13-25-18(26)16-8-6-7-9-17(16)19(25)27;/h6-9,14-15H,10-13H2,1-5H3,(H2,21,22,23);1H. The number of hydrogen-bond acceptors (Lipinski definition) is 4. The molecule has 2 N–H and O–H groups in total. The van der Waals surface area contributed by atoms with Crippen LogP contribution in [0.1, 0.15) is 48.4 Å². The number of amides is 2. The van der Waals surface area contributed by atoms with Gasteiger partial charge in [0, 0.05) is 45.3 Å². The summed E-state index contributed by atoms with van der Waals surface area (Å²) in [5, 5.41) is 6.45. The fourth-order valence-electron chi connectivity index (χ4n) is 3.37. The van der Waals surface area contributed by atoms with Crippen LogP contribution in [0, 0.1) is 0 Å². The zero-order valence-corrected chi connectivity index (χ0v) is 19.7. The molecule has 1 aliphatic heterocycles. The molecule has 0 spiro atoms. The highest BCUT2D eigenvalue weighted by Gasteiger charge is 2.34. The largest absolute Gasteiger partial charge is 0.355 e. The molecular formula is C20H32IN5O2. The van der Waals surface area contributed by atoms with Crippen LogP contribution in [-0.4, -0.2) is 72.9 Å². The molecule has 28 heavy (non-hydrogen) atoms.